The number of hydrogen-bond acceptors (Lipinski definition) is 5. The number of ketones is 1. The van der Waals surface area contributed by atoms with Gasteiger partial charge in [0.1, 0.15) is 0 Å². The van der Waals surface area contributed by atoms with Crippen LogP contribution in [-0.2, 0) is 14.3 Å². The van der Waals surface area contributed by atoms with Gasteiger partial charge in [0, 0.05) is 5.56 Å². The summed E-state index contributed by atoms with van der Waals surface area (Å²) in [4.78, 5) is 54.0. The van der Waals surface area contributed by atoms with Gasteiger partial charge in [-0.1, -0.05) is 66.2 Å². The predicted octanol–water partition coefficient (Wildman–Crippen LogP) is 5.35. The van der Waals surface area contributed by atoms with Gasteiger partial charge in [-0.05, 0) is 68.2 Å². The molecule has 1 saturated heterocycles. The van der Waals surface area contributed by atoms with Crippen LogP contribution in [0.25, 0.3) is 0 Å². The minimum atomic E-state index is -0.978. The summed E-state index contributed by atoms with van der Waals surface area (Å²) >= 11 is 0. The molecule has 1 aliphatic heterocycles. The number of imide groups is 1. The highest BCUT2D eigenvalue weighted by Crippen LogP contribution is 2.61. The van der Waals surface area contributed by atoms with Crippen LogP contribution in [-0.4, -0.2) is 29.7 Å². The van der Waals surface area contributed by atoms with Crippen LogP contribution in [0.4, 0.5) is 5.69 Å². The predicted molar refractivity (Wildman–Crippen MR) is 142 cm³/mol. The number of carbonyl (C=O) groups excluding carboxylic acids is 4. The maximum Gasteiger partial charge on any atom is 0.338 e. The SMILES string of the molecule is Cc1ccc(C(=O)[C@H](C)OC(=O)c2cccc(N3C(=O)[C@@H]4[C@@H]5C[C@@H]([C@@H]4C3=O)[C@@H](c3ccccc3)C5)c2)cc1. The molecule has 6 heteroatoms. The van der Waals surface area contributed by atoms with Crippen LogP contribution < -0.4 is 4.90 Å². The molecule has 0 spiro atoms. The average Bonchev–Trinajstić information content (AvgIpc) is 3.60. The zero-order chi connectivity index (χ0) is 26.6. The van der Waals surface area contributed by atoms with E-state index in [9.17, 15) is 19.2 Å². The third-order valence-electron chi connectivity index (χ3n) is 8.57. The second kappa shape index (κ2) is 9.35. The molecule has 3 aliphatic rings. The molecule has 0 radical (unpaired) electrons. The summed E-state index contributed by atoms with van der Waals surface area (Å²) in [5, 5.41) is 0. The van der Waals surface area contributed by atoms with E-state index in [1.165, 1.54) is 23.5 Å². The van der Waals surface area contributed by atoms with E-state index in [1.54, 1.807) is 30.3 Å². The highest BCUT2D eigenvalue weighted by Gasteiger charge is 2.64. The van der Waals surface area contributed by atoms with E-state index in [-0.39, 0.29) is 52.8 Å². The van der Waals surface area contributed by atoms with E-state index in [1.807, 2.05) is 37.3 Å². The first-order valence-electron chi connectivity index (χ1n) is 13.2. The largest absolute Gasteiger partial charge is 0.451 e. The molecular formula is C32H29NO5. The number of nitrogens with zero attached hydrogens (tertiary/aromatic N) is 1. The minimum absolute atomic E-state index is 0.149. The summed E-state index contributed by atoms with van der Waals surface area (Å²) < 4.78 is 5.46. The van der Waals surface area contributed by atoms with Crippen molar-refractivity contribution in [3.63, 3.8) is 0 Å². The fraction of sp³-hybridized carbons (Fsp3) is 0.312. The van der Waals surface area contributed by atoms with Gasteiger partial charge in [0.15, 0.2) is 6.10 Å². The Morgan fingerprint density at radius 3 is 2.29 bits per heavy atom. The van der Waals surface area contributed by atoms with Crippen LogP contribution in [0.5, 0.6) is 0 Å². The molecule has 192 valence electrons. The van der Waals surface area contributed by atoms with Crippen LogP contribution in [0, 0.1) is 30.6 Å². The Labute approximate surface area is 221 Å². The van der Waals surface area contributed by atoms with Gasteiger partial charge in [-0.2, -0.15) is 0 Å². The van der Waals surface area contributed by atoms with Gasteiger partial charge in [-0.25, -0.2) is 4.79 Å². The summed E-state index contributed by atoms with van der Waals surface area (Å²) in [7, 11) is 0. The first-order chi connectivity index (χ1) is 18.3. The van der Waals surface area contributed by atoms with E-state index in [0.29, 0.717) is 11.3 Å². The number of anilines is 1. The number of esters is 1. The topological polar surface area (TPSA) is 80.8 Å². The van der Waals surface area contributed by atoms with Crippen molar-refractivity contribution in [2.75, 3.05) is 4.90 Å². The molecule has 6 rings (SSSR count). The number of aryl methyl sites for hydroxylation is 1. The van der Waals surface area contributed by atoms with Gasteiger partial charge in [0.2, 0.25) is 17.6 Å². The van der Waals surface area contributed by atoms with Crippen molar-refractivity contribution in [3.05, 3.63) is 101 Å². The maximum absolute atomic E-state index is 13.6. The molecule has 3 aromatic carbocycles. The van der Waals surface area contributed by atoms with Crippen LogP contribution >= 0.6 is 0 Å². The molecule has 38 heavy (non-hydrogen) atoms. The number of amides is 2. The first-order valence-corrected chi connectivity index (χ1v) is 13.2. The highest BCUT2D eigenvalue weighted by molar-refractivity contribution is 6.23. The lowest BCUT2D eigenvalue weighted by Gasteiger charge is -2.28. The third kappa shape index (κ3) is 3.95. The van der Waals surface area contributed by atoms with Crippen LogP contribution in [0.3, 0.4) is 0 Å². The number of carbonyl (C=O) groups is 4. The lowest BCUT2D eigenvalue weighted by molar-refractivity contribution is -0.123. The third-order valence-corrected chi connectivity index (χ3v) is 8.57. The van der Waals surface area contributed by atoms with Crippen LogP contribution in [0.1, 0.15) is 57.5 Å². The highest BCUT2D eigenvalue weighted by atomic mass is 16.5. The zero-order valence-corrected chi connectivity index (χ0v) is 21.4. The van der Waals surface area contributed by atoms with E-state index < -0.39 is 12.1 Å². The monoisotopic (exact) mass is 507 g/mol. The second-order valence-corrected chi connectivity index (χ2v) is 10.8. The van der Waals surface area contributed by atoms with Gasteiger partial charge in [0.05, 0.1) is 23.1 Å². The number of hydrogen-bond donors (Lipinski definition) is 0. The molecule has 3 fully saturated rings. The zero-order valence-electron chi connectivity index (χ0n) is 21.4. The van der Waals surface area contributed by atoms with Gasteiger partial charge in [-0.3, -0.25) is 19.3 Å². The van der Waals surface area contributed by atoms with Crippen molar-refractivity contribution >= 4 is 29.3 Å². The summed E-state index contributed by atoms with van der Waals surface area (Å²) in [6.07, 6.45) is 0.843. The van der Waals surface area contributed by atoms with E-state index in [4.69, 9.17) is 4.74 Å². The number of ether oxygens (including phenoxy) is 1. The lowest BCUT2D eigenvalue weighted by Crippen LogP contribution is -2.33. The molecule has 0 unspecified atom stereocenters. The van der Waals surface area contributed by atoms with Crippen molar-refractivity contribution in [2.24, 2.45) is 23.7 Å². The molecular weight excluding hydrogens is 478 g/mol. The van der Waals surface area contributed by atoms with Gasteiger partial charge >= 0.3 is 5.97 Å². The number of benzene rings is 3. The molecule has 2 amide bonds. The normalized spacial score (nSPS) is 26.4. The Morgan fingerprint density at radius 1 is 0.842 bits per heavy atom. The Morgan fingerprint density at radius 2 is 1.55 bits per heavy atom. The minimum Gasteiger partial charge on any atom is -0.451 e. The smallest absolute Gasteiger partial charge is 0.338 e. The van der Waals surface area contributed by atoms with Crippen molar-refractivity contribution in [3.8, 4) is 0 Å². The van der Waals surface area contributed by atoms with Gasteiger partial charge in [-0.15, -0.1) is 0 Å². The Hall–Kier alpha value is -4.06. The lowest BCUT2D eigenvalue weighted by atomic mass is 9.73. The number of rotatable bonds is 6. The van der Waals surface area contributed by atoms with Crippen LogP contribution in [0.15, 0.2) is 78.9 Å². The second-order valence-electron chi connectivity index (χ2n) is 10.8. The molecule has 2 bridgehead atoms. The fourth-order valence-electron chi connectivity index (χ4n) is 6.80. The summed E-state index contributed by atoms with van der Waals surface area (Å²) in [5.41, 5.74) is 3.29. The van der Waals surface area contributed by atoms with E-state index >= 15 is 0 Å². The van der Waals surface area contributed by atoms with Gasteiger partial charge < -0.3 is 4.74 Å². The molecule has 6 atom stereocenters. The molecule has 1 heterocycles. The van der Waals surface area contributed by atoms with Crippen molar-refractivity contribution < 1.29 is 23.9 Å². The van der Waals surface area contributed by atoms with Crippen LogP contribution in [0.2, 0.25) is 0 Å². The van der Waals surface area contributed by atoms with Gasteiger partial charge in [0.25, 0.3) is 0 Å². The Balaban J connectivity index is 1.19. The number of fused-ring (bicyclic) bond motifs is 5. The van der Waals surface area contributed by atoms with E-state index in [2.05, 4.69) is 12.1 Å². The summed E-state index contributed by atoms with van der Waals surface area (Å²) in [6, 6.07) is 23.7. The number of Topliss-reactive ketones (excluding diaryl/α,β-unsaturated/α-hetero) is 1. The Kier molecular flexibility index (Phi) is 5.98. The maximum atomic E-state index is 13.6. The average molecular weight is 508 g/mol. The van der Waals surface area contributed by atoms with Crippen molar-refractivity contribution in [1.29, 1.82) is 0 Å². The molecule has 6 nitrogen and oxygen atoms in total. The quantitative estimate of drug-likeness (QED) is 0.255. The van der Waals surface area contributed by atoms with Crippen molar-refractivity contribution in [2.45, 2.75) is 38.7 Å². The standard InChI is InChI=1S/C32H29NO5/c1-18-11-13-21(14-12-18)29(34)19(2)38-32(37)22-9-6-10-24(15-22)33-30(35)27-23-16-25(20-7-4-3-5-8-20)26(17-23)28(27)31(33)36/h3-15,19,23,25-28H,16-17H2,1-2H3/t19-,23-,25+,26+,27+,28-/m0/s1. The summed E-state index contributed by atoms with van der Waals surface area (Å²) in [5.74, 6) is -1.32. The summed E-state index contributed by atoms with van der Waals surface area (Å²) in [6.45, 7) is 3.47. The van der Waals surface area contributed by atoms with E-state index in [0.717, 1.165) is 18.4 Å². The molecule has 2 saturated carbocycles. The molecule has 2 aliphatic carbocycles. The fourth-order valence-corrected chi connectivity index (χ4v) is 6.80. The molecule has 3 aromatic rings. The van der Waals surface area contributed by atoms with Crippen molar-refractivity contribution in [1.82, 2.24) is 0 Å². The molecule has 0 N–H and O–H groups in total. The first kappa shape index (κ1) is 24.3. The molecule has 0 aromatic heterocycles. The Bertz CT molecular complexity index is 1430.